The van der Waals surface area contributed by atoms with Crippen LogP contribution < -0.4 is 5.32 Å². The van der Waals surface area contributed by atoms with E-state index in [-0.39, 0.29) is 11.8 Å². The Balaban J connectivity index is 1.66. The number of amides is 1. The molecule has 138 valence electrons. The van der Waals surface area contributed by atoms with Crippen LogP contribution in [0.2, 0.25) is 0 Å². The Kier molecular flexibility index (Phi) is 5.41. The standard InChI is InChI=1S/C18H24N6O2/c1-18(2,26-3)17(25)24-8-4-5-13(12-24)14-9-22-16(11-21-14)23-15-10-19-6-7-20-15/h6-7,9-11,13H,4-5,8,12H2,1-3H3,(H,20,22,23)/t13-/m0/s1. The minimum absolute atomic E-state index is 0.0126. The average Bonchev–Trinajstić information content (AvgIpc) is 2.69. The smallest absolute Gasteiger partial charge is 0.254 e. The normalized spacial score (nSPS) is 17.8. The zero-order valence-electron chi connectivity index (χ0n) is 15.3. The summed E-state index contributed by atoms with van der Waals surface area (Å²) in [6, 6.07) is 0. The third-order valence-corrected chi connectivity index (χ3v) is 4.64. The number of piperidine rings is 1. The number of likely N-dealkylation sites (tertiary alicyclic amines) is 1. The van der Waals surface area contributed by atoms with Crippen LogP contribution in [-0.4, -0.2) is 56.5 Å². The van der Waals surface area contributed by atoms with Gasteiger partial charge in [0.05, 0.1) is 24.3 Å². The number of nitrogens with zero attached hydrogens (tertiary/aromatic N) is 5. The summed E-state index contributed by atoms with van der Waals surface area (Å²) in [6.45, 7) is 4.98. The van der Waals surface area contributed by atoms with Crippen molar-refractivity contribution < 1.29 is 9.53 Å². The summed E-state index contributed by atoms with van der Waals surface area (Å²) in [4.78, 5) is 31.6. The molecular weight excluding hydrogens is 332 g/mol. The minimum Gasteiger partial charge on any atom is -0.369 e. The summed E-state index contributed by atoms with van der Waals surface area (Å²) in [5.41, 5.74) is 0.0837. The molecule has 0 unspecified atom stereocenters. The summed E-state index contributed by atoms with van der Waals surface area (Å²) in [5, 5.41) is 3.06. The molecule has 0 saturated carbocycles. The molecule has 1 aliphatic rings. The molecule has 8 heteroatoms. The number of carbonyl (C=O) groups excluding carboxylic acids is 1. The molecule has 26 heavy (non-hydrogen) atoms. The largest absolute Gasteiger partial charge is 0.369 e. The van der Waals surface area contributed by atoms with Crippen molar-refractivity contribution in [2.45, 2.75) is 38.2 Å². The number of rotatable bonds is 5. The van der Waals surface area contributed by atoms with Crippen LogP contribution in [0.15, 0.2) is 31.0 Å². The lowest BCUT2D eigenvalue weighted by Gasteiger charge is -2.36. The summed E-state index contributed by atoms with van der Waals surface area (Å²) < 4.78 is 5.33. The summed E-state index contributed by atoms with van der Waals surface area (Å²) in [6.07, 6.45) is 10.2. The van der Waals surface area contributed by atoms with Crippen LogP contribution in [-0.2, 0) is 9.53 Å². The van der Waals surface area contributed by atoms with Crippen LogP contribution in [0.3, 0.4) is 0 Å². The number of anilines is 2. The Morgan fingerprint density at radius 3 is 2.65 bits per heavy atom. The van der Waals surface area contributed by atoms with Crippen LogP contribution in [0.1, 0.15) is 38.3 Å². The van der Waals surface area contributed by atoms with Gasteiger partial charge in [-0.05, 0) is 26.7 Å². The molecule has 1 atom stereocenters. The highest BCUT2D eigenvalue weighted by molar-refractivity contribution is 5.84. The van der Waals surface area contributed by atoms with E-state index in [0.717, 1.165) is 25.1 Å². The van der Waals surface area contributed by atoms with Gasteiger partial charge in [0.2, 0.25) is 0 Å². The van der Waals surface area contributed by atoms with Crippen LogP contribution >= 0.6 is 0 Å². The Labute approximate surface area is 153 Å². The first kappa shape index (κ1) is 18.2. The molecule has 0 radical (unpaired) electrons. The van der Waals surface area contributed by atoms with E-state index in [9.17, 15) is 4.79 Å². The Morgan fingerprint density at radius 1 is 1.19 bits per heavy atom. The van der Waals surface area contributed by atoms with Gasteiger partial charge >= 0.3 is 0 Å². The fourth-order valence-electron chi connectivity index (χ4n) is 2.98. The predicted octanol–water partition coefficient (Wildman–Crippen LogP) is 2.14. The molecule has 8 nitrogen and oxygen atoms in total. The molecule has 0 aliphatic carbocycles. The first-order chi connectivity index (χ1) is 12.5. The average molecular weight is 356 g/mol. The van der Waals surface area contributed by atoms with Gasteiger partial charge in [-0.1, -0.05) is 0 Å². The van der Waals surface area contributed by atoms with E-state index >= 15 is 0 Å². The van der Waals surface area contributed by atoms with Crippen molar-refractivity contribution in [2.24, 2.45) is 0 Å². The van der Waals surface area contributed by atoms with E-state index in [1.54, 1.807) is 51.9 Å². The molecule has 2 aromatic rings. The molecule has 1 aliphatic heterocycles. The first-order valence-corrected chi connectivity index (χ1v) is 8.69. The molecule has 1 amide bonds. The fraction of sp³-hybridized carbons (Fsp3) is 0.500. The molecule has 2 aromatic heterocycles. The van der Waals surface area contributed by atoms with Gasteiger partial charge in [0.25, 0.3) is 5.91 Å². The van der Waals surface area contributed by atoms with Crippen molar-refractivity contribution in [1.29, 1.82) is 0 Å². The van der Waals surface area contributed by atoms with Crippen LogP contribution in [0.4, 0.5) is 11.6 Å². The highest BCUT2D eigenvalue weighted by Crippen LogP contribution is 2.27. The van der Waals surface area contributed by atoms with E-state index in [1.807, 2.05) is 4.90 Å². The second-order valence-corrected chi connectivity index (χ2v) is 6.85. The maximum Gasteiger partial charge on any atom is 0.254 e. The lowest BCUT2D eigenvalue weighted by molar-refractivity contribution is -0.152. The molecule has 3 heterocycles. The van der Waals surface area contributed by atoms with Crippen molar-refractivity contribution in [3.8, 4) is 0 Å². The van der Waals surface area contributed by atoms with E-state index < -0.39 is 5.60 Å². The van der Waals surface area contributed by atoms with Gasteiger partial charge in [-0.25, -0.2) is 9.97 Å². The maximum absolute atomic E-state index is 12.6. The van der Waals surface area contributed by atoms with Crippen molar-refractivity contribution in [1.82, 2.24) is 24.8 Å². The SMILES string of the molecule is COC(C)(C)C(=O)N1CCC[C@H](c2cnc(Nc3cnccn3)cn2)C1. The van der Waals surface area contributed by atoms with Crippen LogP contribution in [0.25, 0.3) is 0 Å². The van der Waals surface area contributed by atoms with Gasteiger partial charge in [0.1, 0.15) is 17.2 Å². The van der Waals surface area contributed by atoms with E-state index in [0.29, 0.717) is 18.2 Å². The number of nitrogens with one attached hydrogen (secondary N) is 1. The van der Waals surface area contributed by atoms with Crippen LogP contribution in [0, 0.1) is 0 Å². The number of methoxy groups -OCH3 is 1. The van der Waals surface area contributed by atoms with Crippen molar-refractivity contribution in [3.05, 3.63) is 36.7 Å². The Bertz CT molecular complexity index is 735. The van der Waals surface area contributed by atoms with E-state index in [1.165, 1.54) is 0 Å². The fourth-order valence-corrected chi connectivity index (χ4v) is 2.98. The molecule has 0 aromatic carbocycles. The molecule has 1 fully saturated rings. The zero-order valence-corrected chi connectivity index (χ0v) is 15.3. The van der Waals surface area contributed by atoms with Gasteiger partial charge in [0, 0.05) is 38.5 Å². The second kappa shape index (κ2) is 7.74. The van der Waals surface area contributed by atoms with Gasteiger partial charge < -0.3 is 15.0 Å². The number of carbonyl (C=O) groups is 1. The third kappa shape index (κ3) is 4.13. The molecule has 0 spiro atoms. The molecular formula is C18H24N6O2. The zero-order chi connectivity index (χ0) is 18.6. The number of aromatic nitrogens is 4. The number of ether oxygens (including phenoxy) is 1. The van der Waals surface area contributed by atoms with E-state index in [4.69, 9.17) is 4.74 Å². The van der Waals surface area contributed by atoms with Gasteiger partial charge in [-0.2, -0.15) is 0 Å². The third-order valence-electron chi connectivity index (χ3n) is 4.64. The van der Waals surface area contributed by atoms with Crippen LogP contribution in [0.5, 0.6) is 0 Å². The molecule has 0 bridgehead atoms. The lowest BCUT2D eigenvalue weighted by atomic mass is 9.93. The molecule has 1 saturated heterocycles. The predicted molar refractivity (Wildman–Crippen MR) is 97.0 cm³/mol. The quantitative estimate of drug-likeness (QED) is 0.877. The van der Waals surface area contributed by atoms with Gasteiger partial charge in [-0.3, -0.25) is 14.8 Å². The monoisotopic (exact) mass is 356 g/mol. The summed E-state index contributed by atoms with van der Waals surface area (Å²) >= 11 is 0. The lowest BCUT2D eigenvalue weighted by Crippen LogP contribution is -2.49. The van der Waals surface area contributed by atoms with Crippen molar-refractivity contribution in [2.75, 3.05) is 25.5 Å². The first-order valence-electron chi connectivity index (χ1n) is 8.69. The molecule has 1 N–H and O–H groups in total. The summed E-state index contributed by atoms with van der Waals surface area (Å²) in [7, 11) is 1.56. The topological polar surface area (TPSA) is 93.1 Å². The second-order valence-electron chi connectivity index (χ2n) is 6.85. The maximum atomic E-state index is 12.6. The van der Waals surface area contributed by atoms with Crippen molar-refractivity contribution >= 4 is 17.5 Å². The Hall–Kier alpha value is -2.61. The van der Waals surface area contributed by atoms with Gasteiger partial charge in [-0.15, -0.1) is 0 Å². The molecule has 3 rings (SSSR count). The summed E-state index contributed by atoms with van der Waals surface area (Å²) in [5.74, 6) is 1.42. The van der Waals surface area contributed by atoms with Crippen molar-refractivity contribution in [3.63, 3.8) is 0 Å². The highest BCUT2D eigenvalue weighted by atomic mass is 16.5. The van der Waals surface area contributed by atoms with E-state index in [2.05, 4.69) is 25.3 Å². The highest BCUT2D eigenvalue weighted by Gasteiger charge is 2.35. The number of hydrogen-bond donors (Lipinski definition) is 1. The number of hydrogen-bond acceptors (Lipinski definition) is 7. The Morgan fingerprint density at radius 2 is 2.00 bits per heavy atom. The van der Waals surface area contributed by atoms with Gasteiger partial charge in [0.15, 0.2) is 0 Å². The minimum atomic E-state index is -0.807.